The van der Waals surface area contributed by atoms with Crippen LogP contribution in [0.2, 0.25) is 0 Å². The number of hydrogen-bond donors (Lipinski definition) is 3. The highest BCUT2D eigenvalue weighted by Gasteiger charge is 2.14. The zero-order chi connectivity index (χ0) is 16.8. The summed E-state index contributed by atoms with van der Waals surface area (Å²) in [5.74, 6) is 1.64. The second-order valence-corrected chi connectivity index (χ2v) is 5.35. The van der Waals surface area contributed by atoms with Gasteiger partial charge in [0.15, 0.2) is 0 Å². The highest BCUT2D eigenvalue weighted by molar-refractivity contribution is 5.41. The number of phenolic OH excluding ortho intramolecular Hbond substituents is 1. The van der Waals surface area contributed by atoms with Crippen LogP contribution in [0.5, 0.6) is 17.2 Å². The van der Waals surface area contributed by atoms with E-state index in [-0.39, 0.29) is 11.8 Å². The molecule has 0 aliphatic heterocycles. The molecule has 2 atom stereocenters. The summed E-state index contributed by atoms with van der Waals surface area (Å²) in [6, 6.07) is 12.2. The van der Waals surface area contributed by atoms with Crippen LogP contribution >= 0.6 is 0 Å². The molecule has 124 valence electrons. The second-order valence-electron chi connectivity index (χ2n) is 5.35. The normalized spacial score (nSPS) is 13.4. The number of aliphatic hydroxyl groups is 1. The Kier molecular flexibility index (Phi) is 5.84. The van der Waals surface area contributed by atoms with Gasteiger partial charge < -0.3 is 25.0 Å². The van der Waals surface area contributed by atoms with E-state index in [0.29, 0.717) is 12.3 Å². The molecule has 5 nitrogen and oxygen atoms in total. The number of rotatable bonds is 7. The Morgan fingerprint density at radius 2 is 1.74 bits per heavy atom. The fourth-order valence-electron chi connectivity index (χ4n) is 2.40. The maximum absolute atomic E-state index is 10.3. The van der Waals surface area contributed by atoms with Gasteiger partial charge in [-0.05, 0) is 42.8 Å². The first kappa shape index (κ1) is 17.1. The van der Waals surface area contributed by atoms with Crippen molar-refractivity contribution in [3.8, 4) is 17.2 Å². The minimum atomic E-state index is -0.633. The number of aromatic hydroxyl groups is 1. The molecule has 3 N–H and O–H groups in total. The van der Waals surface area contributed by atoms with Crippen LogP contribution in [0.15, 0.2) is 42.5 Å². The SMILES string of the molecule is COc1ccc([C@H](O)CN[C@@H](C)c2cc(O)ccc2OC)cc1. The summed E-state index contributed by atoms with van der Waals surface area (Å²) >= 11 is 0. The van der Waals surface area contributed by atoms with Gasteiger partial charge in [-0.25, -0.2) is 0 Å². The molecule has 0 aliphatic carbocycles. The van der Waals surface area contributed by atoms with Gasteiger partial charge in [0.25, 0.3) is 0 Å². The lowest BCUT2D eigenvalue weighted by molar-refractivity contribution is 0.170. The zero-order valence-electron chi connectivity index (χ0n) is 13.6. The van der Waals surface area contributed by atoms with Crippen molar-refractivity contribution in [3.05, 3.63) is 53.6 Å². The summed E-state index contributed by atoms with van der Waals surface area (Å²) in [5, 5.41) is 23.2. The molecular formula is C18H23NO4. The molecule has 0 bridgehead atoms. The van der Waals surface area contributed by atoms with Gasteiger partial charge in [0.05, 0.1) is 20.3 Å². The highest BCUT2D eigenvalue weighted by atomic mass is 16.5. The van der Waals surface area contributed by atoms with Gasteiger partial charge in [-0.15, -0.1) is 0 Å². The Morgan fingerprint density at radius 3 is 2.35 bits per heavy atom. The first-order chi connectivity index (χ1) is 11.0. The Morgan fingerprint density at radius 1 is 1.04 bits per heavy atom. The maximum atomic E-state index is 10.3. The molecule has 0 aromatic heterocycles. The summed E-state index contributed by atoms with van der Waals surface area (Å²) in [6.07, 6.45) is -0.633. The van der Waals surface area contributed by atoms with E-state index in [1.807, 2.05) is 31.2 Å². The minimum Gasteiger partial charge on any atom is -0.508 e. The Labute approximate surface area is 136 Å². The Hall–Kier alpha value is -2.24. The number of ether oxygens (including phenoxy) is 2. The molecule has 2 aromatic rings. The van der Waals surface area contributed by atoms with Crippen molar-refractivity contribution in [1.29, 1.82) is 0 Å². The number of benzene rings is 2. The molecule has 23 heavy (non-hydrogen) atoms. The van der Waals surface area contributed by atoms with Crippen LogP contribution < -0.4 is 14.8 Å². The monoisotopic (exact) mass is 317 g/mol. The molecule has 2 rings (SSSR count). The van der Waals surface area contributed by atoms with Crippen molar-refractivity contribution in [2.45, 2.75) is 19.1 Å². The van der Waals surface area contributed by atoms with Gasteiger partial charge in [0.2, 0.25) is 0 Å². The quantitative estimate of drug-likeness (QED) is 0.732. The number of phenols is 1. The molecule has 0 spiro atoms. The van der Waals surface area contributed by atoms with E-state index in [1.165, 1.54) is 0 Å². The van der Waals surface area contributed by atoms with Crippen LogP contribution in [-0.2, 0) is 0 Å². The van der Waals surface area contributed by atoms with Crippen molar-refractivity contribution in [3.63, 3.8) is 0 Å². The summed E-state index contributed by atoms with van der Waals surface area (Å²) < 4.78 is 10.4. The fraction of sp³-hybridized carbons (Fsp3) is 0.333. The lowest BCUT2D eigenvalue weighted by Gasteiger charge is -2.20. The van der Waals surface area contributed by atoms with Crippen LogP contribution in [0, 0.1) is 0 Å². The molecule has 2 aromatic carbocycles. The standard InChI is InChI=1S/C18H23NO4/c1-12(16-10-14(20)6-9-18(16)23-3)19-11-17(21)13-4-7-15(22-2)8-5-13/h4-10,12,17,19-21H,11H2,1-3H3/t12-,17+/m0/s1. The van der Waals surface area contributed by atoms with Crippen LogP contribution in [0.1, 0.15) is 30.2 Å². The van der Waals surface area contributed by atoms with Crippen molar-refractivity contribution in [1.82, 2.24) is 5.32 Å². The summed E-state index contributed by atoms with van der Waals surface area (Å²) in [6.45, 7) is 2.34. The van der Waals surface area contributed by atoms with Crippen molar-refractivity contribution in [2.24, 2.45) is 0 Å². The second kappa shape index (κ2) is 7.85. The average Bonchev–Trinajstić information content (AvgIpc) is 2.59. The van der Waals surface area contributed by atoms with E-state index in [9.17, 15) is 10.2 Å². The van der Waals surface area contributed by atoms with Crippen molar-refractivity contribution in [2.75, 3.05) is 20.8 Å². The third kappa shape index (κ3) is 4.37. The first-order valence-corrected chi connectivity index (χ1v) is 7.47. The number of hydrogen-bond acceptors (Lipinski definition) is 5. The van der Waals surface area contributed by atoms with Crippen LogP contribution in [0.25, 0.3) is 0 Å². The van der Waals surface area contributed by atoms with E-state index < -0.39 is 6.10 Å². The summed E-state index contributed by atoms with van der Waals surface area (Å²) in [5.41, 5.74) is 1.66. The number of aliphatic hydroxyl groups excluding tert-OH is 1. The fourth-order valence-corrected chi connectivity index (χ4v) is 2.40. The molecule has 0 amide bonds. The minimum absolute atomic E-state index is 0.0788. The van der Waals surface area contributed by atoms with E-state index in [1.54, 1.807) is 32.4 Å². The first-order valence-electron chi connectivity index (χ1n) is 7.47. The molecule has 0 heterocycles. The number of nitrogens with one attached hydrogen (secondary N) is 1. The molecule has 0 radical (unpaired) electrons. The van der Waals surface area contributed by atoms with Gasteiger partial charge in [-0.3, -0.25) is 0 Å². The van der Waals surface area contributed by atoms with Crippen LogP contribution in [0.3, 0.4) is 0 Å². The van der Waals surface area contributed by atoms with Gasteiger partial charge >= 0.3 is 0 Å². The predicted octanol–water partition coefficient (Wildman–Crippen LogP) is 2.79. The van der Waals surface area contributed by atoms with E-state index in [4.69, 9.17) is 9.47 Å². The number of methoxy groups -OCH3 is 2. The van der Waals surface area contributed by atoms with Gasteiger partial charge in [-0.1, -0.05) is 12.1 Å². The summed E-state index contributed by atoms with van der Waals surface area (Å²) in [4.78, 5) is 0. The van der Waals surface area contributed by atoms with E-state index in [2.05, 4.69) is 5.32 Å². The topological polar surface area (TPSA) is 71.0 Å². The smallest absolute Gasteiger partial charge is 0.123 e. The van der Waals surface area contributed by atoms with Crippen molar-refractivity contribution < 1.29 is 19.7 Å². The summed E-state index contributed by atoms with van der Waals surface area (Å²) in [7, 11) is 3.20. The third-order valence-electron chi connectivity index (χ3n) is 3.80. The third-order valence-corrected chi connectivity index (χ3v) is 3.80. The predicted molar refractivity (Wildman–Crippen MR) is 89.0 cm³/mol. The van der Waals surface area contributed by atoms with E-state index in [0.717, 1.165) is 16.9 Å². The van der Waals surface area contributed by atoms with Crippen LogP contribution in [0.4, 0.5) is 0 Å². The largest absolute Gasteiger partial charge is 0.508 e. The van der Waals surface area contributed by atoms with E-state index >= 15 is 0 Å². The lowest BCUT2D eigenvalue weighted by Crippen LogP contribution is -2.25. The van der Waals surface area contributed by atoms with Gasteiger partial charge in [0, 0.05) is 18.2 Å². The van der Waals surface area contributed by atoms with Gasteiger partial charge in [0.1, 0.15) is 17.2 Å². The molecular weight excluding hydrogens is 294 g/mol. The Bertz CT molecular complexity index is 627. The Balaban J connectivity index is 2.00. The maximum Gasteiger partial charge on any atom is 0.123 e. The van der Waals surface area contributed by atoms with Crippen LogP contribution in [-0.4, -0.2) is 31.0 Å². The van der Waals surface area contributed by atoms with Gasteiger partial charge in [-0.2, -0.15) is 0 Å². The molecule has 0 saturated carbocycles. The molecule has 0 aliphatic rings. The molecule has 0 fully saturated rings. The molecule has 0 unspecified atom stereocenters. The average molecular weight is 317 g/mol. The lowest BCUT2D eigenvalue weighted by atomic mass is 10.1. The molecule has 5 heteroatoms. The highest BCUT2D eigenvalue weighted by Crippen LogP contribution is 2.29. The zero-order valence-corrected chi connectivity index (χ0v) is 13.6. The molecule has 0 saturated heterocycles. The van der Waals surface area contributed by atoms with Crippen molar-refractivity contribution >= 4 is 0 Å².